The number of hydrogen-bond donors (Lipinski definition) is 2. The Hall–Kier alpha value is -3.94. The Kier molecular flexibility index (Phi) is 4.36. The maximum absolute atomic E-state index is 12.7. The number of rotatable bonds is 4. The maximum atomic E-state index is 12.7. The van der Waals surface area contributed by atoms with Crippen LogP contribution in [0.15, 0.2) is 61.3 Å². The first kappa shape index (κ1) is 17.5. The van der Waals surface area contributed by atoms with Gasteiger partial charge in [-0.3, -0.25) is 9.59 Å². The van der Waals surface area contributed by atoms with E-state index in [-0.39, 0.29) is 11.8 Å². The highest BCUT2D eigenvalue weighted by Crippen LogP contribution is 2.22. The molecule has 0 saturated heterocycles. The number of carbonyl (C=O) groups is 2. The van der Waals surface area contributed by atoms with E-state index < -0.39 is 0 Å². The fourth-order valence-electron chi connectivity index (χ4n) is 2.90. The molecule has 3 aromatic heterocycles. The molecular formula is C20H18N6O2. The number of anilines is 2. The van der Waals surface area contributed by atoms with Crippen molar-refractivity contribution >= 4 is 28.7 Å². The van der Waals surface area contributed by atoms with Gasteiger partial charge in [0.1, 0.15) is 5.69 Å². The van der Waals surface area contributed by atoms with Gasteiger partial charge in [-0.15, -0.1) is 0 Å². The van der Waals surface area contributed by atoms with E-state index in [1.165, 1.54) is 12.4 Å². The molecule has 4 rings (SSSR count). The number of nitrogens with one attached hydrogen (secondary N) is 2. The zero-order chi connectivity index (χ0) is 19.7. The second-order valence-corrected chi connectivity index (χ2v) is 6.42. The van der Waals surface area contributed by atoms with Crippen LogP contribution in [0.4, 0.5) is 11.4 Å². The second-order valence-electron chi connectivity index (χ2n) is 6.42. The van der Waals surface area contributed by atoms with Gasteiger partial charge in [0.05, 0.1) is 29.8 Å². The highest BCUT2D eigenvalue weighted by Gasteiger charge is 2.15. The second kappa shape index (κ2) is 6.99. The van der Waals surface area contributed by atoms with Crippen molar-refractivity contribution in [2.24, 2.45) is 7.05 Å². The van der Waals surface area contributed by atoms with Gasteiger partial charge in [-0.05, 0) is 36.8 Å². The number of imidazole rings is 1. The molecule has 0 radical (unpaired) electrons. The Labute approximate surface area is 160 Å². The molecule has 0 aliphatic carbocycles. The molecule has 28 heavy (non-hydrogen) atoms. The maximum Gasteiger partial charge on any atom is 0.273 e. The lowest BCUT2D eigenvalue weighted by molar-refractivity contribution is 0.101. The lowest BCUT2D eigenvalue weighted by atomic mass is 10.1. The zero-order valence-electron chi connectivity index (χ0n) is 15.4. The van der Waals surface area contributed by atoms with Crippen molar-refractivity contribution in [2.75, 3.05) is 10.6 Å². The lowest BCUT2D eigenvalue weighted by Crippen LogP contribution is -2.17. The predicted octanol–water partition coefficient (Wildman–Crippen LogP) is 2.88. The number of pyridine rings is 1. The minimum absolute atomic E-state index is 0.269. The summed E-state index contributed by atoms with van der Waals surface area (Å²) in [7, 11) is 1.75. The molecule has 1 aromatic carbocycles. The van der Waals surface area contributed by atoms with Crippen LogP contribution in [0.3, 0.4) is 0 Å². The van der Waals surface area contributed by atoms with E-state index in [0.29, 0.717) is 22.6 Å². The van der Waals surface area contributed by atoms with Crippen molar-refractivity contribution < 1.29 is 9.59 Å². The lowest BCUT2D eigenvalue weighted by Gasteiger charge is -2.11. The molecule has 0 atom stereocenters. The van der Waals surface area contributed by atoms with Gasteiger partial charge < -0.3 is 15.2 Å². The third-order valence-electron chi connectivity index (χ3n) is 4.46. The first-order valence-corrected chi connectivity index (χ1v) is 8.65. The smallest absolute Gasteiger partial charge is 0.273 e. The van der Waals surface area contributed by atoms with Crippen molar-refractivity contribution in [3.8, 4) is 0 Å². The van der Waals surface area contributed by atoms with Crippen molar-refractivity contribution in [3.05, 3.63) is 78.1 Å². The summed E-state index contributed by atoms with van der Waals surface area (Å²) in [6.07, 6.45) is 6.38. The van der Waals surface area contributed by atoms with Crippen LogP contribution in [-0.2, 0) is 7.05 Å². The Morgan fingerprint density at radius 3 is 2.68 bits per heavy atom. The fraction of sp³-hybridized carbons (Fsp3) is 0.100. The first-order chi connectivity index (χ1) is 13.5. The predicted molar refractivity (Wildman–Crippen MR) is 105 cm³/mol. The summed E-state index contributed by atoms with van der Waals surface area (Å²) in [5, 5.41) is 9.91. The summed E-state index contributed by atoms with van der Waals surface area (Å²) >= 11 is 0. The number of aryl methyl sites for hydroxylation is 2. The molecule has 0 aliphatic rings. The number of aromatic nitrogens is 4. The molecule has 0 spiro atoms. The molecule has 3 heterocycles. The molecular weight excluding hydrogens is 356 g/mol. The van der Waals surface area contributed by atoms with Gasteiger partial charge in [0, 0.05) is 24.6 Å². The number of amides is 2. The normalized spacial score (nSPS) is 10.8. The van der Waals surface area contributed by atoms with Gasteiger partial charge in [-0.25, -0.2) is 9.50 Å². The van der Waals surface area contributed by atoms with E-state index in [1.54, 1.807) is 40.8 Å². The van der Waals surface area contributed by atoms with Crippen LogP contribution in [-0.4, -0.2) is 31.0 Å². The highest BCUT2D eigenvalue weighted by molar-refractivity contribution is 6.09. The largest absolute Gasteiger partial charge is 0.330 e. The van der Waals surface area contributed by atoms with E-state index in [2.05, 4.69) is 20.7 Å². The molecule has 140 valence electrons. The van der Waals surface area contributed by atoms with Crippen molar-refractivity contribution in [3.63, 3.8) is 0 Å². The van der Waals surface area contributed by atoms with Gasteiger partial charge in [0.25, 0.3) is 11.8 Å². The average molecular weight is 374 g/mol. The SMILES string of the molecule is Cc1ccc(NC(=O)c2cnn3ccccc23)cc1NC(=O)c1cncn1C. The third kappa shape index (κ3) is 3.23. The summed E-state index contributed by atoms with van der Waals surface area (Å²) in [6.45, 7) is 1.88. The first-order valence-electron chi connectivity index (χ1n) is 8.65. The van der Waals surface area contributed by atoms with Crippen LogP contribution in [0, 0.1) is 6.92 Å². The summed E-state index contributed by atoms with van der Waals surface area (Å²) in [4.78, 5) is 29.1. The number of benzene rings is 1. The van der Waals surface area contributed by atoms with E-state index in [9.17, 15) is 9.59 Å². The fourth-order valence-corrected chi connectivity index (χ4v) is 2.90. The van der Waals surface area contributed by atoms with Gasteiger partial charge in [-0.2, -0.15) is 5.10 Å². The standard InChI is InChI=1S/C20H18N6O2/c1-13-6-7-14(9-16(13)24-20(28)18-11-21-12-25(18)2)23-19(27)15-10-22-26-8-4-3-5-17(15)26/h3-12H,1-2H3,(H,23,27)(H,24,28). The van der Waals surface area contributed by atoms with E-state index in [4.69, 9.17) is 0 Å². The van der Waals surface area contributed by atoms with Crippen molar-refractivity contribution in [1.82, 2.24) is 19.2 Å². The van der Waals surface area contributed by atoms with Crippen LogP contribution < -0.4 is 10.6 Å². The van der Waals surface area contributed by atoms with Gasteiger partial charge >= 0.3 is 0 Å². The van der Waals surface area contributed by atoms with Gasteiger partial charge in [0.15, 0.2) is 0 Å². The number of hydrogen-bond acceptors (Lipinski definition) is 4. The van der Waals surface area contributed by atoms with Crippen LogP contribution in [0.5, 0.6) is 0 Å². The molecule has 4 aromatic rings. The molecule has 0 bridgehead atoms. The monoisotopic (exact) mass is 374 g/mol. The van der Waals surface area contributed by atoms with Crippen LogP contribution in [0.2, 0.25) is 0 Å². The Bertz CT molecular complexity index is 1190. The van der Waals surface area contributed by atoms with Crippen molar-refractivity contribution in [1.29, 1.82) is 0 Å². The van der Waals surface area contributed by atoms with Crippen LogP contribution >= 0.6 is 0 Å². The van der Waals surface area contributed by atoms with E-state index >= 15 is 0 Å². The molecule has 8 nitrogen and oxygen atoms in total. The molecule has 0 aliphatic heterocycles. The quantitative estimate of drug-likeness (QED) is 0.574. The number of fused-ring (bicyclic) bond motifs is 1. The number of nitrogens with zero attached hydrogens (tertiary/aromatic N) is 4. The minimum atomic E-state index is -0.269. The highest BCUT2D eigenvalue weighted by atomic mass is 16.2. The Morgan fingerprint density at radius 2 is 1.89 bits per heavy atom. The molecule has 0 saturated carbocycles. The number of carbonyl (C=O) groups excluding carboxylic acids is 2. The third-order valence-corrected chi connectivity index (χ3v) is 4.46. The van der Waals surface area contributed by atoms with Gasteiger partial charge in [0.2, 0.25) is 0 Å². The van der Waals surface area contributed by atoms with E-state index in [0.717, 1.165) is 11.1 Å². The summed E-state index contributed by atoms with van der Waals surface area (Å²) in [6, 6.07) is 10.9. The molecule has 2 amide bonds. The zero-order valence-corrected chi connectivity index (χ0v) is 15.4. The Balaban J connectivity index is 1.56. The minimum Gasteiger partial charge on any atom is -0.330 e. The Morgan fingerprint density at radius 1 is 1.04 bits per heavy atom. The molecule has 2 N–H and O–H groups in total. The molecule has 0 fully saturated rings. The van der Waals surface area contributed by atoms with Crippen LogP contribution in [0.25, 0.3) is 5.52 Å². The summed E-state index contributed by atoms with van der Waals surface area (Å²) in [5.41, 5.74) is 3.71. The summed E-state index contributed by atoms with van der Waals surface area (Å²) < 4.78 is 3.28. The molecule has 8 heteroatoms. The average Bonchev–Trinajstić information content (AvgIpc) is 3.30. The molecule has 0 unspecified atom stereocenters. The topological polar surface area (TPSA) is 93.3 Å². The summed E-state index contributed by atoms with van der Waals surface area (Å²) in [5.74, 6) is -0.539. The van der Waals surface area contributed by atoms with Gasteiger partial charge in [-0.1, -0.05) is 12.1 Å². The van der Waals surface area contributed by atoms with E-state index in [1.807, 2.05) is 31.2 Å². The van der Waals surface area contributed by atoms with Crippen LogP contribution in [0.1, 0.15) is 26.4 Å². The van der Waals surface area contributed by atoms with Crippen molar-refractivity contribution in [2.45, 2.75) is 6.92 Å².